The molecule has 0 saturated heterocycles. The second kappa shape index (κ2) is 7.90. The number of carbonyl (C=O) groups is 1. The van der Waals surface area contributed by atoms with Gasteiger partial charge < -0.3 is 15.4 Å². The maximum Gasteiger partial charge on any atom is 0.315 e. The third-order valence-electron chi connectivity index (χ3n) is 3.63. The summed E-state index contributed by atoms with van der Waals surface area (Å²) >= 11 is 0. The third kappa shape index (κ3) is 4.23. The van der Waals surface area contributed by atoms with Crippen molar-refractivity contribution < 1.29 is 9.53 Å². The minimum atomic E-state index is -0.0804. The number of aryl methyl sites for hydroxylation is 1. The maximum atomic E-state index is 11.9. The lowest BCUT2D eigenvalue weighted by molar-refractivity contribution is 0.145. The van der Waals surface area contributed by atoms with Crippen molar-refractivity contribution in [2.45, 2.75) is 38.6 Å². The smallest absolute Gasteiger partial charge is 0.315 e. The van der Waals surface area contributed by atoms with Gasteiger partial charge in [0.2, 0.25) is 0 Å². The van der Waals surface area contributed by atoms with Gasteiger partial charge in [0.15, 0.2) is 0 Å². The van der Waals surface area contributed by atoms with Crippen molar-refractivity contribution in [2.24, 2.45) is 0 Å². The monoisotopic (exact) mass is 276 g/mol. The van der Waals surface area contributed by atoms with Crippen LogP contribution in [0.4, 0.5) is 4.79 Å². The van der Waals surface area contributed by atoms with Crippen molar-refractivity contribution in [1.29, 1.82) is 0 Å². The second-order valence-corrected chi connectivity index (χ2v) is 5.09. The van der Waals surface area contributed by atoms with E-state index in [-0.39, 0.29) is 12.1 Å². The van der Waals surface area contributed by atoms with Crippen molar-refractivity contribution in [1.82, 2.24) is 10.6 Å². The highest BCUT2D eigenvalue weighted by molar-refractivity contribution is 5.74. The highest BCUT2D eigenvalue weighted by Crippen LogP contribution is 2.29. The standard InChI is InChI=1S/C16H24N2O2/c1-2-20-12-6-11-17-16(19)18-15-10-5-8-13-7-3-4-9-14(13)15/h3-4,7,9,15H,2,5-6,8,10-12H2,1H3,(H2,17,18,19)/t15-/m0/s1. The molecule has 2 rings (SSSR count). The number of rotatable bonds is 6. The van der Waals surface area contributed by atoms with Crippen LogP contribution in [0.15, 0.2) is 24.3 Å². The Labute approximate surface area is 120 Å². The van der Waals surface area contributed by atoms with Gasteiger partial charge in [-0.3, -0.25) is 0 Å². The Morgan fingerprint density at radius 2 is 2.25 bits per heavy atom. The van der Waals surface area contributed by atoms with Gasteiger partial charge in [0.1, 0.15) is 0 Å². The minimum absolute atomic E-state index is 0.0804. The summed E-state index contributed by atoms with van der Waals surface area (Å²) in [5.41, 5.74) is 2.63. The molecule has 0 unspecified atom stereocenters. The molecule has 20 heavy (non-hydrogen) atoms. The van der Waals surface area contributed by atoms with Crippen LogP contribution in [0, 0.1) is 0 Å². The largest absolute Gasteiger partial charge is 0.382 e. The fourth-order valence-corrected chi connectivity index (χ4v) is 2.63. The lowest BCUT2D eigenvalue weighted by Gasteiger charge is -2.26. The Morgan fingerprint density at radius 1 is 1.40 bits per heavy atom. The number of ether oxygens (including phenoxy) is 1. The summed E-state index contributed by atoms with van der Waals surface area (Å²) in [5.74, 6) is 0. The Bertz CT molecular complexity index is 434. The van der Waals surface area contributed by atoms with Gasteiger partial charge in [0.25, 0.3) is 0 Å². The van der Waals surface area contributed by atoms with E-state index in [0.29, 0.717) is 13.2 Å². The predicted octanol–water partition coefficient (Wildman–Crippen LogP) is 2.79. The molecule has 1 aliphatic carbocycles. The lowest BCUT2D eigenvalue weighted by atomic mass is 9.88. The first-order valence-corrected chi connectivity index (χ1v) is 7.51. The molecule has 4 heteroatoms. The summed E-state index contributed by atoms with van der Waals surface area (Å²) in [4.78, 5) is 11.9. The SMILES string of the molecule is CCOCCCNC(=O)N[C@H]1CCCc2ccccc21. The topological polar surface area (TPSA) is 50.4 Å². The molecule has 1 aromatic rings. The average Bonchev–Trinajstić information content (AvgIpc) is 2.47. The van der Waals surface area contributed by atoms with Crippen molar-refractivity contribution in [3.05, 3.63) is 35.4 Å². The Hall–Kier alpha value is -1.55. The highest BCUT2D eigenvalue weighted by Gasteiger charge is 2.20. The summed E-state index contributed by atoms with van der Waals surface area (Å²) in [6.07, 6.45) is 4.11. The van der Waals surface area contributed by atoms with Gasteiger partial charge in [0.05, 0.1) is 6.04 Å². The van der Waals surface area contributed by atoms with Crippen molar-refractivity contribution >= 4 is 6.03 Å². The van der Waals surface area contributed by atoms with E-state index in [9.17, 15) is 4.79 Å². The number of benzene rings is 1. The first-order valence-electron chi connectivity index (χ1n) is 7.51. The van der Waals surface area contributed by atoms with Gasteiger partial charge in [0, 0.05) is 19.8 Å². The number of hydrogen-bond donors (Lipinski definition) is 2. The van der Waals surface area contributed by atoms with E-state index in [1.807, 2.05) is 13.0 Å². The van der Waals surface area contributed by atoms with Gasteiger partial charge in [-0.2, -0.15) is 0 Å². The number of hydrogen-bond acceptors (Lipinski definition) is 2. The van der Waals surface area contributed by atoms with Gasteiger partial charge >= 0.3 is 6.03 Å². The number of amides is 2. The molecule has 2 N–H and O–H groups in total. The summed E-state index contributed by atoms with van der Waals surface area (Å²) in [6, 6.07) is 8.45. The molecule has 2 amide bonds. The molecule has 0 bridgehead atoms. The zero-order chi connectivity index (χ0) is 14.2. The predicted molar refractivity (Wildman–Crippen MR) is 79.8 cm³/mol. The van der Waals surface area contributed by atoms with Crippen LogP contribution >= 0.6 is 0 Å². The van der Waals surface area contributed by atoms with Crippen LogP contribution in [0.5, 0.6) is 0 Å². The van der Waals surface area contributed by atoms with Crippen LogP contribution in [-0.4, -0.2) is 25.8 Å². The molecule has 0 radical (unpaired) electrons. The Balaban J connectivity index is 1.78. The van der Waals surface area contributed by atoms with Gasteiger partial charge in [-0.05, 0) is 43.7 Å². The lowest BCUT2D eigenvalue weighted by Crippen LogP contribution is -2.39. The van der Waals surface area contributed by atoms with Crippen LogP contribution < -0.4 is 10.6 Å². The van der Waals surface area contributed by atoms with Crippen molar-refractivity contribution in [2.75, 3.05) is 19.8 Å². The summed E-state index contributed by atoms with van der Waals surface area (Å²) in [5, 5.41) is 5.96. The first-order chi connectivity index (χ1) is 9.81. The Morgan fingerprint density at radius 3 is 3.10 bits per heavy atom. The molecule has 0 fully saturated rings. The molecule has 1 aliphatic rings. The zero-order valence-electron chi connectivity index (χ0n) is 12.2. The van der Waals surface area contributed by atoms with Crippen LogP contribution in [0.2, 0.25) is 0 Å². The molecule has 0 aromatic heterocycles. The molecule has 110 valence electrons. The maximum absolute atomic E-state index is 11.9. The van der Waals surface area contributed by atoms with E-state index < -0.39 is 0 Å². The number of nitrogens with one attached hydrogen (secondary N) is 2. The molecule has 4 nitrogen and oxygen atoms in total. The van der Waals surface area contributed by atoms with Crippen LogP contribution in [0.3, 0.4) is 0 Å². The molecular formula is C16H24N2O2. The normalized spacial score (nSPS) is 17.4. The van der Waals surface area contributed by atoms with E-state index in [2.05, 4.69) is 28.8 Å². The summed E-state index contributed by atoms with van der Waals surface area (Å²) < 4.78 is 5.24. The van der Waals surface area contributed by atoms with Crippen LogP contribution in [0.1, 0.15) is 43.4 Å². The van der Waals surface area contributed by atoms with Crippen molar-refractivity contribution in [3.63, 3.8) is 0 Å². The fraction of sp³-hybridized carbons (Fsp3) is 0.562. The van der Waals surface area contributed by atoms with E-state index in [4.69, 9.17) is 4.74 Å². The van der Waals surface area contributed by atoms with E-state index in [1.54, 1.807) is 0 Å². The van der Waals surface area contributed by atoms with E-state index >= 15 is 0 Å². The molecule has 1 aromatic carbocycles. The number of carbonyl (C=O) groups excluding carboxylic acids is 1. The second-order valence-electron chi connectivity index (χ2n) is 5.09. The molecule has 0 spiro atoms. The average molecular weight is 276 g/mol. The van der Waals surface area contributed by atoms with Gasteiger partial charge in [-0.15, -0.1) is 0 Å². The van der Waals surface area contributed by atoms with E-state index in [0.717, 1.165) is 32.3 Å². The number of urea groups is 1. The van der Waals surface area contributed by atoms with Crippen LogP contribution in [0.25, 0.3) is 0 Å². The summed E-state index contributed by atoms with van der Waals surface area (Å²) in [6.45, 7) is 4.05. The fourth-order valence-electron chi connectivity index (χ4n) is 2.63. The zero-order valence-corrected chi connectivity index (χ0v) is 12.2. The molecule has 0 saturated carbocycles. The van der Waals surface area contributed by atoms with Crippen LogP contribution in [-0.2, 0) is 11.2 Å². The molecule has 0 heterocycles. The molecular weight excluding hydrogens is 252 g/mol. The van der Waals surface area contributed by atoms with E-state index in [1.165, 1.54) is 11.1 Å². The first kappa shape index (κ1) is 14.9. The minimum Gasteiger partial charge on any atom is -0.382 e. The summed E-state index contributed by atoms with van der Waals surface area (Å²) in [7, 11) is 0. The Kier molecular flexibility index (Phi) is 5.87. The quantitative estimate of drug-likeness (QED) is 0.785. The van der Waals surface area contributed by atoms with Crippen molar-refractivity contribution in [3.8, 4) is 0 Å². The molecule has 0 aliphatic heterocycles. The van der Waals surface area contributed by atoms with Gasteiger partial charge in [-0.1, -0.05) is 24.3 Å². The highest BCUT2D eigenvalue weighted by atomic mass is 16.5. The number of fused-ring (bicyclic) bond motifs is 1. The van der Waals surface area contributed by atoms with Gasteiger partial charge in [-0.25, -0.2) is 4.79 Å². The third-order valence-corrected chi connectivity index (χ3v) is 3.63. The molecule has 1 atom stereocenters.